The van der Waals surface area contributed by atoms with Crippen molar-refractivity contribution in [2.75, 3.05) is 11.6 Å². The number of rotatable bonds is 5. The van der Waals surface area contributed by atoms with Crippen LogP contribution in [0.1, 0.15) is 44.9 Å². The van der Waals surface area contributed by atoms with E-state index in [1.54, 1.807) is 0 Å². The zero-order valence-electron chi connectivity index (χ0n) is 11.7. The number of nitrogens with zero attached hydrogens (tertiary/aromatic N) is 2. The van der Waals surface area contributed by atoms with E-state index < -0.39 is 0 Å². The molecule has 1 N–H and O–H groups in total. The molecule has 1 aromatic heterocycles. The van der Waals surface area contributed by atoms with Crippen molar-refractivity contribution >= 4 is 33.5 Å². The average Bonchev–Trinajstić information content (AvgIpc) is 2.39. The minimum absolute atomic E-state index is 0.569. The molecule has 0 unspecified atom stereocenters. The van der Waals surface area contributed by atoms with Crippen LogP contribution in [0.3, 0.4) is 0 Å². The fourth-order valence-electron chi connectivity index (χ4n) is 2.53. The first-order valence-corrected chi connectivity index (χ1v) is 9.12. The molecule has 1 aromatic rings. The van der Waals surface area contributed by atoms with Gasteiger partial charge in [-0.1, -0.05) is 6.92 Å². The lowest BCUT2D eigenvalue weighted by Crippen LogP contribution is -2.27. The normalized spacial score (nSPS) is 23.3. The Balaban J connectivity index is 1.95. The molecule has 0 aliphatic heterocycles. The van der Waals surface area contributed by atoms with E-state index >= 15 is 0 Å². The SMILES string of the molecule is CCCc1nc(Br)cc(NC2CCC(SC)CC2)n1. The topological polar surface area (TPSA) is 37.8 Å². The Bertz CT molecular complexity index is 406. The number of thioether (sulfide) groups is 1. The fraction of sp³-hybridized carbons (Fsp3) is 0.714. The molecule has 0 radical (unpaired) electrons. The molecule has 1 aliphatic carbocycles. The minimum Gasteiger partial charge on any atom is -0.367 e. The maximum absolute atomic E-state index is 4.60. The maximum atomic E-state index is 4.60. The molecule has 0 amide bonds. The molecule has 1 fully saturated rings. The van der Waals surface area contributed by atoms with Crippen molar-refractivity contribution in [3.8, 4) is 0 Å². The second-order valence-electron chi connectivity index (χ2n) is 5.10. The van der Waals surface area contributed by atoms with Crippen molar-refractivity contribution in [2.24, 2.45) is 0 Å². The van der Waals surface area contributed by atoms with Crippen molar-refractivity contribution in [1.29, 1.82) is 0 Å². The summed E-state index contributed by atoms with van der Waals surface area (Å²) in [6, 6.07) is 2.56. The summed E-state index contributed by atoms with van der Waals surface area (Å²) in [6.45, 7) is 2.15. The Kier molecular flexibility index (Phi) is 5.95. The predicted molar refractivity (Wildman–Crippen MR) is 86.9 cm³/mol. The molecule has 0 atom stereocenters. The largest absolute Gasteiger partial charge is 0.367 e. The number of anilines is 1. The molecule has 0 aromatic carbocycles. The number of halogens is 1. The smallest absolute Gasteiger partial charge is 0.132 e. The summed E-state index contributed by atoms with van der Waals surface area (Å²) in [5.74, 6) is 1.90. The van der Waals surface area contributed by atoms with Gasteiger partial charge in [-0.2, -0.15) is 11.8 Å². The molecular weight excluding hydrogens is 322 g/mol. The van der Waals surface area contributed by atoms with E-state index in [0.717, 1.165) is 34.3 Å². The highest BCUT2D eigenvalue weighted by Crippen LogP contribution is 2.28. The second-order valence-corrected chi connectivity index (χ2v) is 7.05. The van der Waals surface area contributed by atoms with Gasteiger partial charge in [-0.05, 0) is 54.3 Å². The monoisotopic (exact) mass is 343 g/mol. The van der Waals surface area contributed by atoms with Gasteiger partial charge in [-0.3, -0.25) is 0 Å². The van der Waals surface area contributed by atoms with Crippen LogP contribution in [0.5, 0.6) is 0 Å². The van der Waals surface area contributed by atoms with Crippen LogP contribution in [0.15, 0.2) is 10.7 Å². The molecule has 1 heterocycles. The van der Waals surface area contributed by atoms with Gasteiger partial charge >= 0.3 is 0 Å². The lowest BCUT2D eigenvalue weighted by Gasteiger charge is -2.28. The van der Waals surface area contributed by atoms with Gasteiger partial charge in [0.05, 0.1) is 0 Å². The van der Waals surface area contributed by atoms with Gasteiger partial charge in [-0.15, -0.1) is 0 Å². The standard InChI is InChI=1S/C14H22BrN3S/c1-3-4-13-17-12(15)9-14(18-13)16-10-5-7-11(19-2)8-6-10/h9-11H,3-8H2,1-2H3,(H,16,17,18). The Morgan fingerprint density at radius 2 is 2.05 bits per heavy atom. The van der Waals surface area contributed by atoms with Gasteiger partial charge in [0, 0.05) is 23.8 Å². The first-order chi connectivity index (χ1) is 9.21. The summed E-state index contributed by atoms with van der Waals surface area (Å²) in [5, 5.41) is 4.43. The van der Waals surface area contributed by atoms with E-state index in [9.17, 15) is 0 Å². The quantitative estimate of drug-likeness (QED) is 0.809. The van der Waals surface area contributed by atoms with E-state index in [-0.39, 0.29) is 0 Å². The van der Waals surface area contributed by atoms with Crippen LogP contribution in [0.25, 0.3) is 0 Å². The third kappa shape index (κ3) is 4.63. The molecule has 2 rings (SSSR count). The Morgan fingerprint density at radius 1 is 1.32 bits per heavy atom. The van der Waals surface area contributed by atoms with Crippen LogP contribution in [0.2, 0.25) is 0 Å². The Hall–Kier alpha value is -0.290. The zero-order valence-corrected chi connectivity index (χ0v) is 14.1. The van der Waals surface area contributed by atoms with Crippen molar-refractivity contribution in [3.05, 3.63) is 16.5 Å². The number of aryl methyl sites for hydroxylation is 1. The van der Waals surface area contributed by atoms with E-state index in [1.165, 1.54) is 25.7 Å². The van der Waals surface area contributed by atoms with Crippen LogP contribution >= 0.6 is 27.7 Å². The van der Waals surface area contributed by atoms with E-state index in [4.69, 9.17) is 0 Å². The number of hydrogen-bond acceptors (Lipinski definition) is 4. The number of nitrogens with one attached hydrogen (secondary N) is 1. The van der Waals surface area contributed by atoms with Crippen LogP contribution in [0, 0.1) is 0 Å². The van der Waals surface area contributed by atoms with Gasteiger partial charge in [-0.25, -0.2) is 9.97 Å². The minimum atomic E-state index is 0.569. The molecule has 0 saturated heterocycles. The summed E-state index contributed by atoms with van der Waals surface area (Å²) < 4.78 is 0.881. The molecular formula is C14H22BrN3S. The Morgan fingerprint density at radius 3 is 2.68 bits per heavy atom. The van der Waals surface area contributed by atoms with Gasteiger partial charge in [0.2, 0.25) is 0 Å². The molecule has 3 nitrogen and oxygen atoms in total. The maximum Gasteiger partial charge on any atom is 0.132 e. The average molecular weight is 344 g/mol. The second kappa shape index (κ2) is 7.48. The van der Waals surface area contributed by atoms with Crippen molar-refractivity contribution in [3.63, 3.8) is 0 Å². The molecule has 5 heteroatoms. The van der Waals surface area contributed by atoms with Crippen LogP contribution < -0.4 is 5.32 Å². The van der Waals surface area contributed by atoms with Gasteiger partial charge < -0.3 is 5.32 Å². The van der Waals surface area contributed by atoms with Gasteiger partial charge in [0.25, 0.3) is 0 Å². The summed E-state index contributed by atoms with van der Waals surface area (Å²) in [4.78, 5) is 9.00. The fourth-order valence-corrected chi connectivity index (χ4v) is 3.69. The predicted octanol–water partition coefficient (Wildman–Crippen LogP) is 4.28. The first kappa shape index (κ1) is 15.1. The Labute approximate surface area is 128 Å². The summed E-state index contributed by atoms with van der Waals surface area (Å²) in [5.41, 5.74) is 0. The highest BCUT2D eigenvalue weighted by atomic mass is 79.9. The molecule has 1 aliphatic rings. The van der Waals surface area contributed by atoms with Gasteiger partial charge in [0.1, 0.15) is 16.2 Å². The third-order valence-corrected chi connectivity index (χ3v) is 5.12. The highest BCUT2D eigenvalue weighted by Gasteiger charge is 2.20. The highest BCUT2D eigenvalue weighted by molar-refractivity contribution is 9.10. The van der Waals surface area contributed by atoms with Crippen molar-refractivity contribution in [1.82, 2.24) is 9.97 Å². The number of aromatic nitrogens is 2. The molecule has 0 spiro atoms. The zero-order chi connectivity index (χ0) is 13.7. The van der Waals surface area contributed by atoms with Crippen LogP contribution in [-0.4, -0.2) is 27.5 Å². The van der Waals surface area contributed by atoms with E-state index in [1.807, 2.05) is 17.8 Å². The lowest BCUT2D eigenvalue weighted by molar-refractivity contribution is 0.472. The summed E-state index contributed by atoms with van der Waals surface area (Å²) >= 11 is 5.48. The first-order valence-electron chi connectivity index (χ1n) is 7.04. The molecule has 1 saturated carbocycles. The van der Waals surface area contributed by atoms with E-state index in [0.29, 0.717) is 6.04 Å². The van der Waals surface area contributed by atoms with Crippen molar-refractivity contribution < 1.29 is 0 Å². The molecule has 19 heavy (non-hydrogen) atoms. The summed E-state index contributed by atoms with van der Waals surface area (Å²) in [6.07, 6.45) is 9.35. The number of hydrogen-bond donors (Lipinski definition) is 1. The summed E-state index contributed by atoms with van der Waals surface area (Å²) in [7, 11) is 0. The molecule has 0 bridgehead atoms. The van der Waals surface area contributed by atoms with Crippen LogP contribution in [-0.2, 0) is 6.42 Å². The van der Waals surface area contributed by atoms with Crippen molar-refractivity contribution in [2.45, 2.75) is 56.7 Å². The van der Waals surface area contributed by atoms with Crippen LogP contribution in [0.4, 0.5) is 5.82 Å². The molecule has 106 valence electrons. The van der Waals surface area contributed by atoms with Gasteiger partial charge in [0.15, 0.2) is 0 Å². The lowest BCUT2D eigenvalue weighted by atomic mass is 9.95. The third-order valence-electron chi connectivity index (χ3n) is 3.57. The van der Waals surface area contributed by atoms with E-state index in [2.05, 4.69) is 44.4 Å².